The van der Waals surface area contributed by atoms with Crippen LogP contribution in [0.4, 0.5) is 0 Å². The van der Waals surface area contributed by atoms with Crippen molar-refractivity contribution >= 4 is 11.9 Å². The highest BCUT2D eigenvalue weighted by Gasteiger charge is 2.23. The highest BCUT2D eigenvalue weighted by molar-refractivity contribution is 6.01. The smallest absolute Gasteiger partial charge is 0.332 e. The van der Waals surface area contributed by atoms with Gasteiger partial charge in [-0.05, 0) is 7.05 Å². The maximum atomic E-state index is 10.9. The molecule has 0 aliphatic rings. The van der Waals surface area contributed by atoms with Gasteiger partial charge >= 0.3 is 5.97 Å². The third kappa shape index (κ3) is 2.55. The van der Waals surface area contributed by atoms with Gasteiger partial charge in [-0.15, -0.1) is 0 Å². The summed E-state index contributed by atoms with van der Waals surface area (Å²) in [6.45, 7) is 0. The Morgan fingerprint density at radius 3 is 2.18 bits per heavy atom. The average Bonchev–Trinajstić information content (AvgIpc) is 2.05. The van der Waals surface area contributed by atoms with Gasteiger partial charge in [-0.1, -0.05) is 0 Å². The Hall–Kier alpha value is -1.10. The fraction of sp³-hybridized carbons (Fsp3) is 0.667. The first-order chi connectivity index (χ1) is 5.17. The normalized spacial score (nSPS) is 11.9. The number of methoxy groups -OCH3 is 1. The van der Waals surface area contributed by atoms with Crippen LogP contribution in [0.15, 0.2) is 0 Å². The largest absolute Gasteiger partial charge is 0.467 e. The third-order valence-electron chi connectivity index (χ3n) is 1.23. The predicted octanol–water partition coefficient (Wildman–Crippen LogP) is -1.51. The molecule has 0 aromatic heterocycles. The number of hydrogen-bond donors (Lipinski definition) is 2. The lowest BCUT2D eigenvalue weighted by atomic mass is 10.3. The molecule has 5 heteroatoms. The lowest BCUT2D eigenvalue weighted by molar-refractivity contribution is -0.146. The quantitative estimate of drug-likeness (QED) is 0.389. The van der Waals surface area contributed by atoms with Gasteiger partial charge in [-0.2, -0.15) is 0 Å². The van der Waals surface area contributed by atoms with Crippen molar-refractivity contribution in [3.63, 3.8) is 0 Å². The van der Waals surface area contributed by atoms with E-state index in [0.717, 1.165) is 0 Å². The van der Waals surface area contributed by atoms with E-state index in [2.05, 4.69) is 15.4 Å². The molecule has 0 heterocycles. The molecular weight excluding hydrogens is 148 g/mol. The van der Waals surface area contributed by atoms with Crippen LogP contribution in [0.25, 0.3) is 0 Å². The van der Waals surface area contributed by atoms with Crippen molar-refractivity contribution in [2.45, 2.75) is 6.04 Å². The average molecular weight is 160 g/mol. The van der Waals surface area contributed by atoms with Crippen LogP contribution < -0.4 is 10.6 Å². The van der Waals surface area contributed by atoms with E-state index < -0.39 is 17.9 Å². The maximum absolute atomic E-state index is 10.9. The molecule has 0 unspecified atom stereocenters. The SMILES string of the molecule is CNC(=O)[C@@H](NC)C(=O)OC. The predicted molar refractivity (Wildman–Crippen MR) is 38.9 cm³/mol. The summed E-state index contributed by atoms with van der Waals surface area (Å²) in [5.41, 5.74) is 0. The van der Waals surface area contributed by atoms with Crippen LogP contribution in [0.1, 0.15) is 0 Å². The number of likely N-dealkylation sites (N-methyl/N-ethyl adjacent to an activating group) is 2. The highest BCUT2D eigenvalue weighted by Crippen LogP contribution is 1.85. The van der Waals surface area contributed by atoms with E-state index in [1.54, 1.807) is 0 Å². The Morgan fingerprint density at radius 1 is 1.36 bits per heavy atom. The van der Waals surface area contributed by atoms with Crippen molar-refractivity contribution in [1.29, 1.82) is 0 Å². The minimum atomic E-state index is -0.912. The summed E-state index contributed by atoms with van der Waals surface area (Å²) in [7, 11) is 4.20. The summed E-state index contributed by atoms with van der Waals surface area (Å²) in [6, 6.07) is -0.912. The molecule has 1 atom stereocenters. The first-order valence-electron chi connectivity index (χ1n) is 3.14. The van der Waals surface area contributed by atoms with Crippen LogP contribution in [0.5, 0.6) is 0 Å². The fourth-order valence-corrected chi connectivity index (χ4v) is 0.618. The summed E-state index contributed by atoms with van der Waals surface area (Å²) >= 11 is 0. The zero-order chi connectivity index (χ0) is 8.85. The molecule has 0 radical (unpaired) electrons. The lowest BCUT2D eigenvalue weighted by Gasteiger charge is -2.10. The van der Waals surface area contributed by atoms with Crippen molar-refractivity contribution in [2.75, 3.05) is 21.2 Å². The second-order valence-electron chi connectivity index (χ2n) is 1.86. The van der Waals surface area contributed by atoms with E-state index in [9.17, 15) is 9.59 Å². The first-order valence-corrected chi connectivity index (χ1v) is 3.14. The molecule has 0 aromatic carbocycles. The Balaban J connectivity index is 4.15. The van der Waals surface area contributed by atoms with E-state index in [1.807, 2.05) is 0 Å². The maximum Gasteiger partial charge on any atom is 0.332 e. The molecule has 0 saturated carbocycles. The van der Waals surface area contributed by atoms with Crippen molar-refractivity contribution in [3.8, 4) is 0 Å². The van der Waals surface area contributed by atoms with Gasteiger partial charge in [0, 0.05) is 7.05 Å². The van der Waals surface area contributed by atoms with E-state index in [-0.39, 0.29) is 0 Å². The summed E-state index contributed by atoms with van der Waals surface area (Å²) in [5.74, 6) is -0.994. The van der Waals surface area contributed by atoms with Crippen LogP contribution in [0.2, 0.25) is 0 Å². The lowest BCUT2D eigenvalue weighted by Crippen LogP contribution is -2.47. The van der Waals surface area contributed by atoms with Crippen molar-refractivity contribution in [3.05, 3.63) is 0 Å². The van der Waals surface area contributed by atoms with Gasteiger partial charge in [-0.25, -0.2) is 4.79 Å². The molecule has 0 bridgehead atoms. The molecule has 0 fully saturated rings. The van der Waals surface area contributed by atoms with E-state index >= 15 is 0 Å². The molecule has 0 aliphatic carbocycles. The summed E-state index contributed by atoms with van der Waals surface area (Å²) < 4.78 is 4.36. The van der Waals surface area contributed by atoms with Gasteiger partial charge in [0.25, 0.3) is 0 Å². The van der Waals surface area contributed by atoms with Gasteiger partial charge in [0.2, 0.25) is 5.91 Å². The minimum Gasteiger partial charge on any atom is -0.467 e. The van der Waals surface area contributed by atoms with Gasteiger partial charge in [0.15, 0.2) is 6.04 Å². The van der Waals surface area contributed by atoms with Crippen LogP contribution >= 0.6 is 0 Å². The van der Waals surface area contributed by atoms with Gasteiger partial charge < -0.3 is 10.1 Å². The van der Waals surface area contributed by atoms with Crippen molar-refractivity contribution in [1.82, 2.24) is 10.6 Å². The molecule has 64 valence electrons. The second-order valence-corrected chi connectivity index (χ2v) is 1.86. The van der Waals surface area contributed by atoms with Crippen LogP contribution in [0, 0.1) is 0 Å². The number of hydrogen-bond acceptors (Lipinski definition) is 4. The van der Waals surface area contributed by atoms with Crippen molar-refractivity contribution < 1.29 is 14.3 Å². The second kappa shape index (κ2) is 4.68. The minimum absolute atomic E-state index is 0.403. The van der Waals surface area contributed by atoms with E-state index in [0.29, 0.717) is 0 Å². The number of nitrogens with one attached hydrogen (secondary N) is 2. The number of rotatable bonds is 3. The molecular formula is C6H12N2O3. The molecule has 0 aliphatic heterocycles. The standard InChI is InChI=1S/C6H12N2O3/c1-7-4(5(9)8-2)6(10)11-3/h4,7H,1-3H3,(H,8,9)/t4-/m1/s1. The zero-order valence-corrected chi connectivity index (χ0v) is 6.80. The number of esters is 1. The monoisotopic (exact) mass is 160 g/mol. The topological polar surface area (TPSA) is 67.4 Å². The summed E-state index contributed by atoms with van der Waals surface area (Å²) in [5, 5.41) is 4.85. The fourth-order valence-electron chi connectivity index (χ4n) is 0.618. The molecule has 5 nitrogen and oxygen atoms in total. The summed E-state index contributed by atoms with van der Waals surface area (Å²) in [4.78, 5) is 21.7. The third-order valence-corrected chi connectivity index (χ3v) is 1.23. The van der Waals surface area contributed by atoms with E-state index in [4.69, 9.17) is 0 Å². The summed E-state index contributed by atoms with van der Waals surface area (Å²) in [6.07, 6.45) is 0. The van der Waals surface area contributed by atoms with Crippen LogP contribution in [-0.4, -0.2) is 39.1 Å². The highest BCUT2D eigenvalue weighted by atomic mass is 16.5. The molecule has 11 heavy (non-hydrogen) atoms. The Morgan fingerprint density at radius 2 is 1.91 bits per heavy atom. The Labute approximate surface area is 65.1 Å². The van der Waals surface area contributed by atoms with Crippen LogP contribution in [-0.2, 0) is 14.3 Å². The van der Waals surface area contributed by atoms with Gasteiger partial charge in [0.1, 0.15) is 0 Å². The zero-order valence-electron chi connectivity index (χ0n) is 6.80. The number of ether oxygens (including phenoxy) is 1. The Kier molecular flexibility index (Phi) is 4.21. The van der Waals surface area contributed by atoms with Gasteiger partial charge in [0.05, 0.1) is 7.11 Å². The van der Waals surface area contributed by atoms with Gasteiger partial charge in [-0.3, -0.25) is 10.1 Å². The molecule has 0 aromatic rings. The van der Waals surface area contributed by atoms with Crippen molar-refractivity contribution in [2.24, 2.45) is 0 Å². The Bertz CT molecular complexity index is 142. The molecule has 2 N–H and O–H groups in total. The van der Waals surface area contributed by atoms with Crippen LogP contribution in [0.3, 0.4) is 0 Å². The van der Waals surface area contributed by atoms with E-state index in [1.165, 1.54) is 21.2 Å². The number of amides is 1. The number of carbonyl (C=O) groups excluding carboxylic acids is 2. The molecule has 0 saturated heterocycles. The first kappa shape index (κ1) is 9.90. The molecule has 1 amide bonds. The molecule has 0 rings (SSSR count). The number of carbonyl (C=O) groups is 2. The molecule has 0 spiro atoms.